The molecule has 0 bridgehead atoms. The number of benzene rings is 1. The van der Waals surface area contributed by atoms with Gasteiger partial charge in [-0.15, -0.1) is 0 Å². The van der Waals surface area contributed by atoms with Crippen LogP contribution in [0.1, 0.15) is 16.1 Å². The molecule has 2 aromatic heterocycles. The van der Waals surface area contributed by atoms with Gasteiger partial charge in [-0.2, -0.15) is 10.4 Å². The lowest BCUT2D eigenvalue weighted by atomic mass is 10.2. The Bertz CT molecular complexity index is 841. The molecule has 3 aromatic rings. The summed E-state index contributed by atoms with van der Waals surface area (Å²) in [5.41, 5.74) is 1.11. The highest BCUT2D eigenvalue weighted by Gasteiger charge is 2.19. The van der Waals surface area contributed by atoms with Crippen molar-refractivity contribution in [1.29, 1.82) is 5.26 Å². The van der Waals surface area contributed by atoms with Crippen molar-refractivity contribution >= 4 is 5.97 Å². The van der Waals surface area contributed by atoms with E-state index in [1.165, 1.54) is 17.0 Å². The quantitative estimate of drug-likeness (QED) is 0.795. The predicted octanol–water partition coefficient (Wildman–Crippen LogP) is 2.70. The van der Waals surface area contributed by atoms with Crippen molar-refractivity contribution in [2.45, 2.75) is 0 Å². The first-order valence-electron chi connectivity index (χ1n) is 6.07. The Balaban J connectivity index is 2.22. The summed E-state index contributed by atoms with van der Waals surface area (Å²) in [6, 6.07) is 13.5. The number of furan rings is 1. The molecular formula is C15H9N3O3. The van der Waals surface area contributed by atoms with Crippen molar-refractivity contribution in [3.8, 4) is 23.2 Å². The molecule has 21 heavy (non-hydrogen) atoms. The smallest absolute Gasteiger partial charge is 0.354 e. The van der Waals surface area contributed by atoms with E-state index in [0.717, 1.165) is 0 Å². The van der Waals surface area contributed by atoms with Crippen LogP contribution in [-0.4, -0.2) is 20.9 Å². The number of carboxylic acids is 1. The minimum Gasteiger partial charge on any atom is -0.477 e. The summed E-state index contributed by atoms with van der Waals surface area (Å²) in [6.07, 6.45) is 1.48. The first kappa shape index (κ1) is 12.7. The van der Waals surface area contributed by atoms with Crippen LogP contribution in [0.25, 0.3) is 17.1 Å². The molecule has 0 aliphatic rings. The van der Waals surface area contributed by atoms with E-state index < -0.39 is 5.97 Å². The molecule has 0 spiro atoms. The van der Waals surface area contributed by atoms with Crippen LogP contribution >= 0.6 is 0 Å². The maximum atomic E-state index is 11.4. The lowest BCUT2D eigenvalue weighted by molar-refractivity contribution is 0.0687. The van der Waals surface area contributed by atoms with Gasteiger partial charge in [0, 0.05) is 6.07 Å². The Kier molecular flexibility index (Phi) is 3.01. The van der Waals surface area contributed by atoms with Gasteiger partial charge in [-0.25, -0.2) is 9.48 Å². The molecule has 0 atom stereocenters. The van der Waals surface area contributed by atoms with E-state index in [1.807, 2.05) is 6.07 Å². The molecule has 6 heteroatoms. The Morgan fingerprint density at radius 2 is 2.10 bits per heavy atom. The lowest BCUT2D eigenvalue weighted by Gasteiger charge is -2.05. The summed E-state index contributed by atoms with van der Waals surface area (Å²) < 4.78 is 6.46. The number of nitriles is 1. The zero-order valence-electron chi connectivity index (χ0n) is 10.7. The van der Waals surface area contributed by atoms with Crippen molar-refractivity contribution in [1.82, 2.24) is 9.78 Å². The zero-order chi connectivity index (χ0) is 14.8. The third-order valence-electron chi connectivity index (χ3n) is 2.95. The molecule has 102 valence electrons. The van der Waals surface area contributed by atoms with Crippen molar-refractivity contribution in [3.05, 3.63) is 60.0 Å². The Morgan fingerprint density at radius 1 is 1.29 bits per heavy atom. The Labute approximate surface area is 119 Å². The second kappa shape index (κ2) is 4.98. The van der Waals surface area contributed by atoms with Gasteiger partial charge in [0.25, 0.3) is 0 Å². The number of aromatic carboxylic acids is 1. The molecular weight excluding hydrogens is 270 g/mol. The molecule has 2 heterocycles. The predicted molar refractivity (Wildman–Crippen MR) is 72.9 cm³/mol. The van der Waals surface area contributed by atoms with Crippen LogP contribution in [-0.2, 0) is 0 Å². The van der Waals surface area contributed by atoms with E-state index in [4.69, 9.17) is 9.68 Å². The van der Waals surface area contributed by atoms with Gasteiger partial charge in [0.2, 0.25) is 0 Å². The number of hydrogen-bond acceptors (Lipinski definition) is 4. The van der Waals surface area contributed by atoms with Crippen LogP contribution in [0, 0.1) is 11.3 Å². The van der Waals surface area contributed by atoms with Crippen LogP contribution in [0.3, 0.4) is 0 Å². The first-order valence-corrected chi connectivity index (χ1v) is 6.07. The molecule has 0 fully saturated rings. The molecule has 1 aromatic carbocycles. The molecule has 0 amide bonds. The van der Waals surface area contributed by atoms with E-state index in [1.54, 1.807) is 36.4 Å². The van der Waals surface area contributed by atoms with E-state index in [-0.39, 0.29) is 5.69 Å². The van der Waals surface area contributed by atoms with E-state index >= 15 is 0 Å². The topological polar surface area (TPSA) is 92.0 Å². The number of nitrogens with zero attached hydrogens (tertiary/aromatic N) is 3. The number of rotatable bonds is 3. The minimum absolute atomic E-state index is 0.0379. The van der Waals surface area contributed by atoms with Crippen LogP contribution in [0.2, 0.25) is 0 Å². The molecule has 0 aliphatic carbocycles. The third kappa shape index (κ3) is 2.17. The summed E-state index contributed by atoms with van der Waals surface area (Å²) >= 11 is 0. The minimum atomic E-state index is -1.13. The summed E-state index contributed by atoms with van der Waals surface area (Å²) in [4.78, 5) is 11.4. The normalized spacial score (nSPS) is 10.2. The average Bonchev–Trinajstić information content (AvgIpc) is 3.16. The fourth-order valence-electron chi connectivity index (χ4n) is 2.01. The Morgan fingerprint density at radius 3 is 2.76 bits per heavy atom. The maximum absolute atomic E-state index is 11.4. The van der Waals surface area contributed by atoms with Crippen LogP contribution < -0.4 is 0 Å². The van der Waals surface area contributed by atoms with Crippen LogP contribution in [0.5, 0.6) is 0 Å². The number of carboxylic acid groups (broad SMARTS) is 1. The van der Waals surface area contributed by atoms with E-state index in [2.05, 4.69) is 5.10 Å². The SMILES string of the molecule is N#Cc1ccccc1-n1nc(-c2ccco2)cc1C(=O)O. The van der Waals surface area contributed by atoms with Gasteiger partial charge in [0.1, 0.15) is 11.8 Å². The van der Waals surface area contributed by atoms with Gasteiger partial charge in [-0.1, -0.05) is 12.1 Å². The van der Waals surface area contributed by atoms with Gasteiger partial charge in [-0.05, 0) is 24.3 Å². The van der Waals surface area contributed by atoms with Gasteiger partial charge >= 0.3 is 5.97 Å². The highest BCUT2D eigenvalue weighted by Crippen LogP contribution is 2.23. The number of carbonyl (C=O) groups is 1. The van der Waals surface area contributed by atoms with Crippen molar-refractivity contribution < 1.29 is 14.3 Å². The summed E-state index contributed by atoms with van der Waals surface area (Å²) in [5.74, 6) is -0.668. The number of aromatic nitrogens is 2. The molecule has 1 N–H and O–H groups in total. The zero-order valence-corrected chi connectivity index (χ0v) is 10.7. The highest BCUT2D eigenvalue weighted by atomic mass is 16.4. The standard InChI is InChI=1S/C15H9N3O3/c16-9-10-4-1-2-5-12(10)18-13(15(19)20)8-11(17-18)14-6-3-7-21-14/h1-8H,(H,19,20). The monoisotopic (exact) mass is 279 g/mol. The van der Waals surface area contributed by atoms with Crippen molar-refractivity contribution in [3.63, 3.8) is 0 Å². The fourth-order valence-corrected chi connectivity index (χ4v) is 2.01. The van der Waals surface area contributed by atoms with Crippen LogP contribution in [0.4, 0.5) is 0 Å². The molecule has 0 aliphatic heterocycles. The first-order chi connectivity index (χ1) is 10.2. The molecule has 0 saturated heterocycles. The van der Waals surface area contributed by atoms with Crippen molar-refractivity contribution in [2.24, 2.45) is 0 Å². The van der Waals surface area contributed by atoms with Crippen molar-refractivity contribution in [2.75, 3.05) is 0 Å². The van der Waals surface area contributed by atoms with Gasteiger partial charge in [0.05, 0.1) is 17.5 Å². The van der Waals surface area contributed by atoms with E-state index in [0.29, 0.717) is 22.7 Å². The van der Waals surface area contributed by atoms with Gasteiger partial charge in [-0.3, -0.25) is 0 Å². The number of para-hydroxylation sites is 1. The van der Waals surface area contributed by atoms with Gasteiger partial charge < -0.3 is 9.52 Å². The lowest BCUT2D eigenvalue weighted by Crippen LogP contribution is -2.09. The maximum Gasteiger partial charge on any atom is 0.354 e. The molecule has 0 radical (unpaired) electrons. The third-order valence-corrected chi connectivity index (χ3v) is 2.95. The second-order valence-corrected chi connectivity index (χ2v) is 4.24. The number of hydrogen-bond donors (Lipinski definition) is 1. The molecule has 0 unspecified atom stereocenters. The second-order valence-electron chi connectivity index (χ2n) is 4.24. The molecule has 3 rings (SSSR count). The molecule has 6 nitrogen and oxygen atoms in total. The largest absolute Gasteiger partial charge is 0.477 e. The van der Waals surface area contributed by atoms with Gasteiger partial charge in [0.15, 0.2) is 11.5 Å². The fraction of sp³-hybridized carbons (Fsp3) is 0. The van der Waals surface area contributed by atoms with E-state index in [9.17, 15) is 9.90 Å². The Hall–Kier alpha value is -3.33. The van der Waals surface area contributed by atoms with Crippen LogP contribution in [0.15, 0.2) is 53.1 Å². The average molecular weight is 279 g/mol. The molecule has 0 saturated carbocycles. The summed E-state index contributed by atoms with van der Waals surface area (Å²) in [6.45, 7) is 0. The summed E-state index contributed by atoms with van der Waals surface area (Å²) in [7, 11) is 0. The highest BCUT2D eigenvalue weighted by molar-refractivity contribution is 5.88. The summed E-state index contributed by atoms with van der Waals surface area (Å²) in [5, 5.41) is 22.7.